The van der Waals surface area contributed by atoms with E-state index < -0.39 is 0 Å². The Morgan fingerprint density at radius 3 is 3.00 bits per heavy atom. The number of H-pyrrole nitrogens is 1. The van der Waals surface area contributed by atoms with Gasteiger partial charge in [0.05, 0.1) is 16.9 Å². The molecule has 2 N–H and O–H groups in total. The second-order valence-corrected chi connectivity index (χ2v) is 6.16. The third-order valence-electron chi connectivity index (χ3n) is 3.82. The van der Waals surface area contributed by atoms with Gasteiger partial charge in [0.15, 0.2) is 0 Å². The molecule has 23 heavy (non-hydrogen) atoms. The van der Waals surface area contributed by atoms with Crippen LogP contribution in [0.4, 0.5) is 10.2 Å². The van der Waals surface area contributed by atoms with Crippen LogP contribution in [-0.2, 0) is 0 Å². The van der Waals surface area contributed by atoms with Crippen molar-refractivity contribution in [2.75, 3.05) is 5.32 Å². The Labute approximate surface area is 135 Å². The van der Waals surface area contributed by atoms with Gasteiger partial charge in [-0.3, -0.25) is 0 Å². The molecule has 0 unspecified atom stereocenters. The molecule has 3 heterocycles. The zero-order valence-electron chi connectivity index (χ0n) is 12.4. The first kappa shape index (κ1) is 14.1. The predicted molar refractivity (Wildman–Crippen MR) is 90.1 cm³/mol. The SMILES string of the molecule is CC[C@@H](Nc1ncnc2[nH]c3cc(F)ccc3c12)c1nccs1. The Morgan fingerprint density at radius 2 is 2.22 bits per heavy atom. The van der Waals surface area contributed by atoms with E-state index in [0.717, 1.165) is 28.0 Å². The Bertz CT molecular complexity index is 963. The summed E-state index contributed by atoms with van der Waals surface area (Å²) >= 11 is 1.61. The third kappa shape index (κ3) is 2.43. The number of nitrogens with one attached hydrogen (secondary N) is 2. The van der Waals surface area contributed by atoms with Crippen LogP contribution in [0.25, 0.3) is 21.9 Å². The highest BCUT2D eigenvalue weighted by Gasteiger charge is 2.17. The van der Waals surface area contributed by atoms with Crippen molar-refractivity contribution in [1.29, 1.82) is 0 Å². The number of thiazole rings is 1. The van der Waals surface area contributed by atoms with E-state index in [1.165, 1.54) is 18.5 Å². The molecule has 7 heteroatoms. The minimum atomic E-state index is -0.277. The number of halogens is 1. The van der Waals surface area contributed by atoms with Crippen molar-refractivity contribution in [3.63, 3.8) is 0 Å². The molecule has 0 radical (unpaired) electrons. The number of hydrogen-bond acceptors (Lipinski definition) is 5. The second-order valence-electron chi connectivity index (χ2n) is 5.24. The van der Waals surface area contributed by atoms with E-state index in [0.29, 0.717) is 11.2 Å². The van der Waals surface area contributed by atoms with Crippen molar-refractivity contribution < 1.29 is 4.39 Å². The number of aromatic amines is 1. The number of hydrogen-bond donors (Lipinski definition) is 2. The molecule has 5 nitrogen and oxygen atoms in total. The van der Waals surface area contributed by atoms with E-state index in [-0.39, 0.29) is 11.9 Å². The summed E-state index contributed by atoms with van der Waals surface area (Å²) in [6.07, 6.45) is 4.19. The molecule has 0 aliphatic rings. The highest BCUT2D eigenvalue weighted by Crippen LogP contribution is 2.32. The van der Waals surface area contributed by atoms with Gasteiger partial charge in [0, 0.05) is 17.0 Å². The summed E-state index contributed by atoms with van der Waals surface area (Å²) < 4.78 is 13.4. The average Bonchev–Trinajstić information content (AvgIpc) is 3.19. The lowest BCUT2D eigenvalue weighted by Crippen LogP contribution is -2.10. The van der Waals surface area contributed by atoms with Gasteiger partial charge in [0.1, 0.15) is 28.6 Å². The van der Waals surface area contributed by atoms with Crippen LogP contribution < -0.4 is 5.32 Å². The molecule has 0 saturated heterocycles. The van der Waals surface area contributed by atoms with Gasteiger partial charge in [-0.15, -0.1) is 11.3 Å². The topological polar surface area (TPSA) is 66.5 Å². The van der Waals surface area contributed by atoms with E-state index in [1.54, 1.807) is 23.6 Å². The van der Waals surface area contributed by atoms with Gasteiger partial charge < -0.3 is 10.3 Å². The van der Waals surface area contributed by atoms with E-state index in [9.17, 15) is 4.39 Å². The van der Waals surface area contributed by atoms with Crippen LogP contribution in [0, 0.1) is 5.82 Å². The van der Waals surface area contributed by atoms with Crippen LogP contribution in [0.5, 0.6) is 0 Å². The van der Waals surface area contributed by atoms with Crippen molar-refractivity contribution in [3.05, 3.63) is 46.9 Å². The van der Waals surface area contributed by atoms with Gasteiger partial charge in [-0.05, 0) is 24.6 Å². The summed E-state index contributed by atoms with van der Waals surface area (Å²) in [5.74, 6) is 0.454. The molecule has 3 aromatic heterocycles. The number of rotatable bonds is 4. The fourth-order valence-electron chi connectivity index (χ4n) is 2.72. The second kappa shape index (κ2) is 5.58. The first-order valence-electron chi connectivity index (χ1n) is 7.34. The zero-order chi connectivity index (χ0) is 15.8. The van der Waals surface area contributed by atoms with E-state index in [2.05, 4.69) is 32.2 Å². The summed E-state index contributed by atoms with van der Waals surface area (Å²) in [7, 11) is 0. The third-order valence-corrected chi connectivity index (χ3v) is 4.71. The van der Waals surface area contributed by atoms with Gasteiger partial charge in [-0.25, -0.2) is 19.3 Å². The van der Waals surface area contributed by atoms with Gasteiger partial charge in [0.25, 0.3) is 0 Å². The molecule has 0 fully saturated rings. The van der Waals surface area contributed by atoms with Crippen molar-refractivity contribution in [2.45, 2.75) is 19.4 Å². The molecule has 0 amide bonds. The Balaban J connectivity index is 1.85. The van der Waals surface area contributed by atoms with Crippen molar-refractivity contribution in [3.8, 4) is 0 Å². The monoisotopic (exact) mass is 327 g/mol. The molecule has 0 aliphatic heterocycles. The maximum atomic E-state index is 13.4. The fraction of sp³-hybridized carbons (Fsp3) is 0.188. The number of anilines is 1. The lowest BCUT2D eigenvalue weighted by atomic mass is 10.2. The summed E-state index contributed by atoms with van der Waals surface area (Å²) in [5.41, 5.74) is 1.41. The minimum absolute atomic E-state index is 0.0819. The molecular formula is C16H14FN5S. The van der Waals surface area contributed by atoms with Crippen LogP contribution in [-0.4, -0.2) is 19.9 Å². The number of benzene rings is 1. The lowest BCUT2D eigenvalue weighted by Gasteiger charge is -2.15. The predicted octanol–water partition coefficient (Wildman–Crippen LogP) is 4.27. The van der Waals surface area contributed by atoms with Crippen LogP contribution in [0.1, 0.15) is 24.4 Å². The van der Waals surface area contributed by atoms with Gasteiger partial charge in [-0.1, -0.05) is 6.92 Å². The Hall–Kier alpha value is -2.54. The van der Waals surface area contributed by atoms with Crippen molar-refractivity contribution in [1.82, 2.24) is 19.9 Å². The van der Waals surface area contributed by atoms with Crippen LogP contribution in [0.2, 0.25) is 0 Å². The Kier molecular flexibility index (Phi) is 3.42. The summed E-state index contributed by atoms with van der Waals surface area (Å²) in [6, 6.07) is 4.75. The quantitative estimate of drug-likeness (QED) is 0.587. The molecule has 1 atom stereocenters. The maximum absolute atomic E-state index is 13.4. The van der Waals surface area contributed by atoms with Crippen molar-refractivity contribution >= 4 is 39.1 Å². The molecule has 0 aliphatic carbocycles. The normalized spacial score (nSPS) is 12.8. The van der Waals surface area contributed by atoms with Gasteiger partial charge in [0.2, 0.25) is 0 Å². The molecular weight excluding hydrogens is 313 g/mol. The average molecular weight is 327 g/mol. The number of fused-ring (bicyclic) bond motifs is 3. The van der Waals surface area contributed by atoms with Gasteiger partial charge in [-0.2, -0.15) is 0 Å². The molecule has 1 aromatic carbocycles. The standard InChI is InChI=1S/C16H14FN5S/c1-2-11(16-18-5-6-23-16)21-14-13-10-4-3-9(17)7-12(10)22-15(13)20-8-19-14/h3-8,11H,2H2,1H3,(H2,19,20,21,22)/t11-/m1/s1. The molecule has 0 bridgehead atoms. The molecule has 4 rings (SSSR count). The van der Waals surface area contributed by atoms with Crippen molar-refractivity contribution in [2.24, 2.45) is 0 Å². The number of aromatic nitrogens is 4. The highest BCUT2D eigenvalue weighted by atomic mass is 32.1. The lowest BCUT2D eigenvalue weighted by molar-refractivity contribution is 0.629. The van der Waals surface area contributed by atoms with E-state index in [4.69, 9.17) is 0 Å². The zero-order valence-corrected chi connectivity index (χ0v) is 13.2. The smallest absolute Gasteiger partial charge is 0.143 e. The first-order valence-corrected chi connectivity index (χ1v) is 8.22. The summed E-state index contributed by atoms with van der Waals surface area (Å²) in [5, 5.41) is 8.20. The van der Waals surface area contributed by atoms with E-state index >= 15 is 0 Å². The first-order chi connectivity index (χ1) is 11.3. The molecule has 4 aromatic rings. The number of nitrogens with zero attached hydrogens (tertiary/aromatic N) is 3. The largest absolute Gasteiger partial charge is 0.360 e. The van der Waals surface area contributed by atoms with Gasteiger partial charge >= 0.3 is 0 Å². The van der Waals surface area contributed by atoms with Crippen LogP contribution in [0.15, 0.2) is 36.1 Å². The Morgan fingerprint density at radius 1 is 1.30 bits per heavy atom. The van der Waals surface area contributed by atoms with E-state index in [1.807, 2.05) is 5.38 Å². The van der Waals surface area contributed by atoms with Crippen LogP contribution in [0.3, 0.4) is 0 Å². The molecule has 0 saturated carbocycles. The molecule has 0 spiro atoms. The summed E-state index contributed by atoms with van der Waals surface area (Å²) in [6.45, 7) is 2.10. The minimum Gasteiger partial charge on any atom is -0.360 e. The molecule has 116 valence electrons. The summed E-state index contributed by atoms with van der Waals surface area (Å²) in [4.78, 5) is 16.2. The van der Waals surface area contributed by atoms with Crippen LogP contribution >= 0.6 is 11.3 Å². The fourth-order valence-corrected chi connectivity index (χ4v) is 3.49. The maximum Gasteiger partial charge on any atom is 0.143 e. The highest BCUT2D eigenvalue weighted by molar-refractivity contribution is 7.09.